The van der Waals surface area contributed by atoms with Gasteiger partial charge in [-0.15, -0.1) is 0 Å². The highest BCUT2D eigenvalue weighted by molar-refractivity contribution is 6.19. The van der Waals surface area contributed by atoms with Gasteiger partial charge in [0.05, 0.1) is 11.0 Å². The quantitative estimate of drug-likeness (QED) is 0.172. The first-order valence-electron chi connectivity index (χ1n) is 18.8. The van der Waals surface area contributed by atoms with Crippen molar-refractivity contribution in [1.29, 1.82) is 0 Å². The predicted octanol–water partition coefficient (Wildman–Crippen LogP) is 13.2. The second-order valence-electron chi connectivity index (χ2n) is 14.0. The molecule has 8 aromatic carbocycles. The number of aromatic nitrogens is 4. The van der Waals surface area contributed by atoms with Crippen molar-refractivity contribution < 1.29 is 4.42 Å². The van der Waals surface area contributed by atoms with Gasteiger partial charge in [0.2, 0.25) is 0 Å². The van der Waals surface area contributed by atoms with Crippen LogP contribution in [-0.2, 0) is 0 Å². The lowest BCUT2D eigenvalue weighted by atomic mass is 10.0. The summed E-state index contributed by atoms with van der Waals surface area (Å²) in [5.41, 5.74) is 12.3. The maximum atomic E-state index is 6.69. The zero-order valence-electron chi connectivity index (χ0n) is 30.2. The smallest absolute Gasteiger partial charge is 0.164 e. The number of hydrogen-bond acceptors (Lipinski definition) is 4. The number of hydrogen-bond donors (Lipinski definition) is 0. The van der Waals surface area contributed by atoms with Crippen molar-refractivity contribution >= 4 is 43.7 Å². The minimum atomic E-state index is 0.593. The van der Waals surface area contributed by atoms with Gasteiger partial charge in [-0.05, 0) is 52.6 Å². The summed E-state index contributed by atoms with van der Waals surface area (Å²) in [6.45, 7) is 0. The molecule has 0 atom stereocenters. The van der Waals surface area contributed by atoms with E-state index in [1.54, 1.807) is 0 Å². The first-order chi connectivity index (χ1) is 27.7. The molecule has 0 amide bonds. The van der Waals surface area contributed by atoms with Gasteiger partial charge in [-0.1, -0.05) is 158 Å². The number of para-hydroxylation sites is 1. The van der Waals surface area contributed by atoms with Gasteiger partial charge >= 0.3 is 0 Å². The standard InChI is InChI=1S/C51H32N4O/c1-4-13-33(14-5-1)35-23-25-38(26-24-35)50-52-49(37-17-8-3-9-18-37)53-51(54-50)41-20-12-22-46-48(41)43-31-42-40-19-10-11-21-44(40)55(45(42)32-47(43)56-46)39-29-27-36(28-30-39)34-15-6-2-7-16-34/h1-32H. The van der Waals surface area contributed by atoms with Crippen LogP contribution < -0.4 is 0 Å². The fraction of sp³-hybridized carbons (Fsp3) is 0. The summed E-state index contributed by atoms with van der Waals surface area (Å²) >= 11 is 0. The molecular formula is C51H32N4O. The Bertz CT molecular complexity index is 3200. The molecule has 0 saturated heterocycles. The topological polar surface area (TPSA) is 56.7 Å². The van der Waals surface area contributed by atoms with Gasteiger partial charge in [-0.25, -0.2) is 15.0 Å². The summed E-state index contributed by atoms with van der Waals surface area (Å²) < 4.78 is 9.02. The van der Waals surface area contributed by atoms with E-state index in [1.807, 2.05) is 54.6 Å². The van der Waals surface area contributed by atoms with Crippen LogP contribution in [0.4, 0.5) is 0 Å². The molecule has 0 fully saturated rings. The van der Waals surface area contributed by atoms with Gasteiger partial charge in [0.25, 0.3) is 0 Å². The summed E-state index contributed by atoms with van der Waals surface area (Å²) in [7, 11) is 0. The maximum Gasteiger partial charge on any atom is 0.164 e. The van der Waals surface area contributed by atoms with Gasteiger partial charge in [-0.3, -0.25) is 0 Å². The Morgan fingerprint density at radius 3 is 1.52 bits per heavy atom. The molecule has 0 N–H and O–H groups in total. The molecule has 11 rings (SSSR count). The van der Waals surface area contributed by atoms with E-state index in [2.05, 4.69) is 144 Å². The Balaban J connectivity index is 1.09. The highest BCUT2D eigenvalue weighted by Crippen LogP contribution is 2.41. The summed E-state index contributed by atoms with van der Waals surface area (Å²) in [6.07, 6.45) is 0. The molecule has 0 aliphatic heterocycles. The molecular weight excluding hydrogens is 685 g/mol. The molecule has 11 aromatic rings. The summed E-state index contributed by atoms with van der Waals surface area (Å²) in [5.74, 6) is 1.82. The summed E-state index contributed by atoms with van der Waals surface area (Å²) in [4.78, 5) is 15.3. The summed E-state index contributed by atoms with van der Waals surface area (Å²) in [6, 6.07) is 67.4. The van der Waals surface area contributed by atoms with Crippen LogP contribution in [0.15, 0.2) is 199 Å². The molecule has 0 saturated carbocycles. The van der Waals surface area contributed by atoms with Gasteiger partial charge in [0.1, 0.15) is 11.2 Å². The van der Waals surface area contributed by atoms with E-state index in [9.17, 15) is 0 Å². The Hall–Kier alpha value is -7.63. The second-order valence-corrected chi connectivity index (χ2v) is 14.0. The maximum absolute atomic E-state index is 6.69. The van der Waals surface area contributed by atoms with Crippen LogP contribution in [0.1, 0.15) is 0 Å². The van der Waals surface area contributed by atoms with Crippen molar-refractivity contribution in [2.45, 2.75) is 0 Å². The van der Waals surface area contributed by atoms with Gasteiger partial charge < -0.3 is 8.98 Å². The lowest BCUT2D eigenvalue weighted by molar-refractivity contribution is 0.669. The lowest BCUT2D eigenvalue weighted by Crippen LogP contribution is -2.00. The van der Waals surface area contributed by atoms with Crippen LogP contribution in [0, 0.1) is 0 Å². The third kappa shape index (κ3) is 5.37. The lowest BCUT2D eigenvalue weighted by Gasteiger charge is -2.10. The minimum Gasteiger partial charge on any atom is -0.456 e. The fourth-order valence-electron chi connectivity index (χ4n) is 7.97. The molecule has 0 unspecified atom stereocenters. The van der Waals surface area contributed by atoms with Crippen molar-refractivity contribution in [3.05, 3.63) is 194 Å². The average molecular weight is 717 g/mol. The molecule has 0 radical (unpaired) electrons. The van der Waals surface area contributed by atoms with Crippen LogP contribution in [0.25, 0.3) is 106 Å². The van der Waals surface area contributed by atoms with Crippen LogP contribution >= 0.6 is 0 Å². The number of rotatable bonds is 6. The number of nitrogens with zero attached hydrogens (tertiary/aromatic N) is 4. The van der Waals surface area contributed by atoms with E-state index < -0.39 is 0 Å². The van der Waals surface area contributed by atoms with Crippen molar-refractivity contribution in [3.63, 3.8) is 0 Å². The fourth-order valence-corrected chi connectivity index (χ4v) is 7.97. The highest BCUT2D eigenvalue weighted by Gasteiger charge is 2.21. The van der Waals surface area contributed by atoms with E-state index in [-0.39, 0.29) is 0 Å². The summed E-state index contributed by atoms with van der Waals surface area (Å²) in [5, 5.41) is 4.32. The van der Waals surface area contributed by atoms with Crippen LogP contribution in [0.5, 0.6) is 0 Å². The monoisotopic (exact) mass is 716 g/mol. The third-order valence-corrected chi connectivity index (χ3v) is 10.7. The largest absolute Gasteiger partial charge is 0.456 e. The molecule has 262 valence electrons. The molecule has 0 aliphatic carbocycles. The number of benzene rings is 8. The minimum absolute atomic E-state index is 0.593. The SMILES string of the molecule is c1ccc(-c2ccc(-c3nc(-c4ccccc4)nc(-c4cccc5oc6cc7c(cc6c45)c4ccccc4n7-c4ccc(-c5ccccc5)cc4)n3)cc2)cc1. The van der Waals surface area contributed by atoms with Crippen molar-refractivity contribution in [2.24, 2.45) is 0 Å². The molecule has 0 bridgehead atoms. The number of furan rings is 1. The predicted molar refractivity (Wildman–Crippen MR) is 229 cm³/mol. The van der Waals surface area contributed by atoms with E-state index >= 15 is 0 Å². The van der Waals surface area contributed by atoms with E-state index in [1.165, 1.54) is 16.5 Å². The molecule has 0 spiro atoms. The average Bonchev–Trinajstić information content (AvgIpc) is 3.81. The first kappa shape index (κ1) is 31.9. The van der Waals surface area contributed by atoms with Crippen molar-refractivity contribution in [2.75, 3.05) is 0 Å². The van der Waals surface area contributed by atoms with Gasteiger partial charge in [-0.2, -0.15) is 0 Å². The molecule has 0 aliphatic rings. The Morgan fingerprint density at radius 2 is 0.857 bits per heavy atom. The molecule has 3 heterocycles. The second kappa shape index (κ2) is 13.0. The third-order valence-electron chi connectivity index (χ3n) is 10.7. The highest BCUT2D eigenvalue weighted by atomic mass is 16.3. The number of fused-ring (bicyclic) bond motifs is 6. The van der Waals surface area contributed by atoms with Crippen LogP contribution in [0.2, 0.25) is 0 Å². The Morgan fingerprint density at radius 1 is 0.339 bits per heavy atom. The molecule has 5 nitrogen and oxygen atoms in total. The van der Waals surface area contributed by atoms with Crippen molar-refractivity contribution in [1.82, 2.24) is 19.5 Å². The molecule has 3 aromatic heterocycles. The zero-order valence-corrected chi connectivity index (χ0v) is 30.2. The van der Waals surface area contributed by atoms with Crippen LogP contribution in [0.3, 0.4) is 0 Å². The Labute approximate surface area is 322 Å². The van der Waals surface area contributed by atoms with E-state index in [0.717, 1.165) is 71.9 Å². The van der Waals surface area contributed by atoms with Crippen molar-refractivity contribution in [3.8, 4) is 62.1 Å². The van der Waals surface area contributed by atoms with Gasteiger partial charge in [0, 0.05) is 50.0 Å². The first-order valence-corrected chi connectivity index (χ1v) is 18.8. The zero-order chi connectivity index (χ0) is 37.0. The van der Waals surface area contributed by atoms with E-state index in [0.29, 0.717) is 17.5 Å². The molecule has 56 heavy (non-hydrogen) atoms. The van der Waals surface area contributed by atoms with Crippen LogP contribution in [-0.4, -0.2) is 19.5 Å². The van der Waals surface area contributed by atoms with E-state index in [4.69, 9.17) is 19.4 Å². The van der Waals surface area contributed by atoms with Gasteiger partial charge in [0.15, 0.2) is 17.5 Å². The normalized spacial score (nSPS) is 11.6. The molecule has 5 heteroatoms. The Kier molecular flexibility index (Phi) is 7.42.